The van der Waals surface area contributed by atoms with E-state index < -0.39 is 0 Å². The standard InChI is InChI=1S/C17H17ClN2O/c18-12-5-6-16-15(11-12)13-3-1-2-4-14(13)17(21-16)20-9-7-19-8-10-20/h1-6,11,16,19H,7-10H2. The molecule has 2 heterocycles. The van der Waals surface area contributed by atoms with Crippen LogP contribution in [-0.2, 0) is 4.74 Å². The summed E-state index contributed by atoms with van der Waals surface area (Å²) in [6, 6.07) is 8.43. The number of halogens is 1. The van der Waals surface area contributed by atoms with Gasteiger partial charge in [-0.3, -0.25) is 0 Å². The van der Waals surface area contributed by atoms with Gasteiger partial charge < -0.3 is 15.0 Å². The maximum absolute atomic E-state index is 6.29. The molecule has 4 heteroatoms. The van der Waals surface area contributed by atoms with Crippen molar-refractivity contribution in [2.24, 2.45) is 0 Å². The smallest absolute Gasteiger partial charge is 0.198 e. The lowest BCUT2D eigenvalue weighted by molar-refractivity contribution is 0.162. The van der Waals surface area contributed by atoms with E-state index in [1.165, 1.54) is 10.4 Å². The third-order valence-corrected chi connectivity index (χ3v) is 4.38. The number of hydrogen-bond acceptors (Lipinski definition) is 3. The Bertz CT molecular complexity index is 744. The highest BCUT2D eigenvalue weighted by Gasteiger charge is 2.26. The largest absolute Gasteiger partial charge is 0.466 e. The molecule has 3 nitrogen and oxygen atoms in total. The summed E-state index contributed by atoms with van der Waals surface area (Å²) in [5.41, 5.74) is 1.15. The van der Waals surface area contributed by atoms with Crippen LogP contribution in [0.5, 0.6) is 0 Å². The molecule has 108 valence electrons. The third kappa shape index (κ3) is 2.27. The van der Waals surface area contributed by atoms with Crippen LogP contribution < -0.4 is 15.8 Å². The molecule has 1 N–H and O–H groups in total. The Morgan fingerprint density at radius 3 is 2.71 bits per heavy atom. The predicted octanol–water partition coefficient (Wildman–Crippen LogP) is 0.899. The van der Waals surface area contributed by atoms with Crippen molar-refractivity contribution >= 4 is 23.1 Å². The predicted molar refractivity (Wildman–Crippen MR) is 84.9 cm³/mol. The molecule has 2 aliphatic heterocycles. The van der Waals surface area contributed by atoms with Gasteiger partial charge in [0.25, 0.3) is 0 Å². The molecule has 0 aromatic heterocycles. The molecular formula is C17H17ClN2O. The molecular weight excluding hydrogens is 284 g/mol. The molecule has 1 unspecified atom stereocenters. The summed E-state index contributed by atoms with van der Waals surface area (Å²) < 4.78 is 6.29. The second-order valence-corrected chi connectivity index (χ2v) is 5.91. The molecule has 21 heavy (non-hydrogen) atoms. The van der Waals surface area contributed by atoms with Gasteiger partial charge in [-0.25, -0.2) is 0 Å². The lowest BCUT2D eigenvalue weighted by Crippen LogP contribution is -2.49. The number of ether oxygens (including phenoxy) is 1. The van der Waals surface area contributed by atoms with Crippen molar-refractivity contribution in [2.45, 2.75) is 6.10 Å². The zero-order valence-corrected chi connectivity index (χ0v) is 12.4. The van der Waals surface area contributed by atoms with E-state index in [1.807, 2.05) is 18.2 Å². The summed E-state index contributed by atoms with van der Waals surface area (Å²) in [6.07, 6.45) is 5.93. The molecule has 1 aromatic carbocycles. The van der Waals surface area contributed by atoms with Crippen molar-refractivity contribution in [2.75, 3.05) is 26.2 Å². The molecule has 4 rings (SSSR count). The third-order valence-electron chi connectivity index (χ3n) is 4.14. The van der Waals surface area contributed by atoms with Gasteiger partial charge in [-0.1, -0.05) is 29.8 Å². The zero-order chi connectivity index (χ0) is 14.2. The molecule has 1 saturated heterocycles. The van der Waals surface area contributed by atoms with E-state index in [0.29, 0.717) is 0 Å². The number of piperazine rings is 1. The number of nitrogens with zero attached hydrogens (tertiary/aromatic N) is 1. The fourth-order valence-electron chi connectivity index (χ4n) is 3.11. The van der Waals surface area contributed by atoms with Gasteiger partial charge in [-0.05, 0) is 29.5 Å². The topological polar surface area (TPSA) is 24.5 Å². The van der Waals surface area contributed by atoms with E-state index >= 15 is 0 Å². The molecule has 1 aromatic rings. The average Bonchev–Trinajstić information content (AvgIpc) is 2.55. The first-order valence-electron chi connectivity index (χ1n) is 7.34. The Balaban J connectivity index is 1.94. The molecule has 1 fully saturated rings. The molecule has 0 radical (unpaired) electrons. The number of allylic oxidation sites excluding steroid dienone is 2. The van der Waals surface area contributed by atoms with E-state index in [1.54, 1.807) is 0 Å². The molecule has 1 aliphatic carbocycles. The Kier molecular flexibility index (Phi) is 3.24. The van der Waals surface area contributed by atoms with Crippen LogP contribution in [0.4, 0.5) is 0 Å². The van der Waals surface area contributed by atoms with Crippen molar-refractivity contribution in [3.63, 3.8) is 0 Å². The SMILES string of the molecule is ClC1=CC2=c3ccccc3=C(N3CCNCC3)OC2C=C1. The number of benzene rings is 1. The van der Waals surface area contributed by atoms with E-state index in [4.69, 9.17) is 16.3 Å². The first kappa shape index (κ1) is 13.0. The monoisotopic (exact) mass is 300 g/mol. The summed E-state index contributed by atoms with van der Waals surface area (Å²) in [5, 5.41) is 6.53. The summed E-state index contributed by atoms with van der Waals surface area (Å²) in [7, 11) is 0. The van der Waals surface area contributed by atoms with E-state index in [2.05, 4.69) is 34.5 Å². The lowest BCUT2D eigenvalue weighted by atomic mass is 9.98. The molecule has 0 bridgehead atoms. The van der Waals surface area contributed by atoms with E-state index in [0.717, 1.165) is 42.7 Å². The van der Waals surface area contributed by atoms with Gasteiger partial charge in [0, 0.05) is 42.0 Å². The summed E-state index contributed by atoms with van der Waals surface area (Å²) in [5.74, 6) is 0.997. The van der Waals surface area contributed by atoms with Gasteiger partial charge in [0.05, 0.1) is 0 Å². The first-order valence-corrected chi connectivity index (χ1v) is 7.72. The summed E-state index contributed by atoms with van der Waals surface area (Å²) in [4.78, 5) is 2.33. The highest BCUT2D eigenvalue weighted by atomic mass is 35.5. The van der Waals surface area contributed by atoms with Crippen LogP contribution in [0.2, 0.25) is 0 Å². The quantitative estimate of drug-likeness (QED) is 0.834. The van der Waals surface area contributed by atoms with Crippen LogP contribution in [0.25, 0.3) is 11.5 Å². The van der Waals surface area contributed by atoms with Crippen molar-refractivity contribution in [1.29, 1.82) is 0 Å². The fraction of sp³-hybridized carbons (Fsp3) is 0.294. The lowest BCUT2D eigenvalue weighted by Gasteiger charge is -2.35. The van der Waals surface area contributed by atoms with Gasteiger partial charge in [-0.15, -0.1) is 0 Å². The summed E-state index contributed by atoms with van der Waals surface area (Å²) >= 11 is 6.16. The maximum atomic E-state index is 6.29. The maximum Gasteiger partial charge on any atom is 0.198 e. The zero-order valence-electron chi connectivity index (χ0n) is 11.7. The van der Waals surface area contributed by atoms with Crippen molar-refractivity contribution in [3.8, 4) is 0 Å². The van der Waals surface area contributed by atoms with Crippen molar-refractivity contribution < 1.29 is 4.74 Å². The Morgan fingerprint density at radius 1 is 1.14 bits per heavy atom. The molecule has 1 atom stereocenters. The number of rotatable bonds is 1. The normalized spacial score (nSPS) is 24.1. The second kappa shape index (κ2) is 5.24. The van der Waals surface area contributed by atoms with Crippen LogP contribution >= 0.6 is 11.6 Å². The summed E-state index contributed by atoms with van der Waals surface area (Å²) in [6.45, 7) is 3.95. The Hall–Kier alpha value is -1.71. The van der Waals surface area contributed by atoms with Crippen LogP contribution in [0.3, 0.4) is 0 Å². The number of hydrogen-bond donors (Lipinski definition) is 1. The van der Waals surface area contributed by atoms with Crippen LogP contribution in [0, 0.1) is 0 Å². The first-order chi connectivity index (χ1) is 10.3. The van der Waals surface area contributed by atoms with E-state index in [9.17, 15) is 0 Å². The molecule has 0 amide bonds. The Labute approximate surface area is 128 Å². The number of nitrogens with one attached hydrogen (secondary N) is 1. The van der Waals surface area contributed by atoms with Crippen LogP contribution in [0.1, 0.15) is 0 Å². The van der Waals surface area contributed by atoms with Gasteiger partial charge in [0.15, 0.2) is 5.88 Å². The second-order valence-electron chi connectivity index (χ2n) is 5.47. The minimum Gasteiger partial charge on any atom is -0.466 e. The van der Waals surface area contributed by atoms with Crippen molar-refractivity contribution in [3.05, 3.63) is 58.0 Å². The van der Waals surface area contributed by atoms with Crippen LogP contribution in [-0.4, -0.2) is 37.2 Å². The highest BCUT2D eigenvalue weighted by molar-refractivity contribution is 6.32. The van der Waals surface area contributed by atoms with Gasteiger partial charge in [0.1, 0.15) is 6.10 Å². The fourth-order valence-corrected chi connectivity index (χ4v) is 3.30. The molecule has 3 aliphatic rings. The molecule has 0 spiro atoms. The average molecular weight is 301 g/mol. The highest BCUT2D eigenvalue weighted by Crippen LogP contribution is 2.26. The van der Waals surface area contributed by atoms with Gasteiger partial charge >= 0.3 is 0 Å². The number of fused-ring (bicyclic) bond motifs is 2. The van der Waals surface area contributed by atoms with Crippen molar-refractivity contribution in [1.82, 2.24) is 10.2 Å². The Morgan fingerprint density at radius 2 is 1.90 bits per heavy atom. The van der Waals surface area contributed by atoms with E-state index in [-0.39, 0.29) is 6.10 Å². The van der Waals surface area contributed by atoms with Gasteiger partial charge in [-0.2, -0.15) is 0 Å². The van der Waals surface area contributed by atoms with Crippen LogP contribution in [0.15, 0.2) is 47.5 Å². The minimum absolute atomic E-state index is 0.0349. The van der Waals surface area contributed by atoms with Gasteiger partial charge in [0.2, 0.25) is 0 Å². The molecule has 0 saturated carbocycles. The minimum atomic E-state index is -0.0349.